The van der Waals surface area contributed by atoms with Gasteiger partial charge in [0.15, 0.2) is 0 Å². The molecule has 0 aliphatic heterocycles. The number of alkyl halides is 1. The second-order valence-electron chi connectivity index (χ2n) is 3.74. The molecule has 0 aliphatic carbocycles. The van der Waals surface area contributed by atoms with Crippen molar-refractivity contribution in [2.45, 2.75) is 26.1 Å². The van der Waals surface area contributed by atoms with Crippen molar-refractivity contribution in [3.8, 4) is 0 Å². The van der Waals surface area contributed by atoms with Crippen molar-refractivity contribution in [2.75, 3.05) is 0 Å². The highest BCUT2D eigenvalue weighted by Crippen LogP contribution is 2.32. The molecule has 3 heteroatoms. The molecular weight excluding hydrogens is 327 g/mol. The third-order valence-electron chi connectivity index (χ3n) is 2.01. The fourth-order valence-corrected chi connectivity index (χ4v) is 2.79. The van der Waals surface area contributed by atoms with E-state index in [0.717, 1.165) is 20.9 Å². The molecule has 1 rings (SSSR count). The van der Waals surface area contributed by atoms with Gasteiger partial charge in [-0.1, -0.05) is 26.0 Å². The molecule has 0 aliphatic rings. The van der Waals surface area contributed by atoms with Crippen molar-refractivity contribution < 1.29 is 0 Å². The molecule has 0 nitrogen and oxygen atoms in total. The lowest BCUT2D eigenvalue weighted by atomic mass is 10.0. The lowest BCUT2D eigenvalue weighted by Crippen LogP contribution is -1.96. The van der Waals surface area contributed by atoms with Gasteiger partial charge in [0.05, 0.1) is 0 Å². The van der Waals surface area contributed by atoms with Gasteiger partial charge in [-0.15, -0.1) is 11.6 Å². The van der Waals surface area contributed by atoms with E-state index in [2.05, 4.69) is 57.8 Å². The van der Waals surface area contributed by atoms with Crippen molar-refractivity contribution in [1.82, 2.24) is 0 Å². The lowest BCUT2D eigenvalue weighted by molar-refractivity contribution is 0.645. The Labute approximate surface area is 107 Å². The average Bonchev–Trinajstić information content (AvgIpc) is 2.13. The predicted octanol–water partition coefficient (Wildman–Crippen LogP) is 5.15. The van der Waals surface area contributed by atoms with Gasteiger partial charge < -0.3 is 0 Å². The molecule has 0 amide bonds. The summed E-state index contributed by atoms with van der Waals surface area (Å²) in [4.78, 5) is 0. The van der Waals surface area contributed by atoms with Crippen LogP contribution in [0.3, 0.4) is 0 Å². The molecule has 0 spiro atoms. The van der Waals surface area contributed by atoms with E-state index in [-0.39, 0.29) is 0 Å². The van der Waals surface area contributed by atoms with Crippen LogP contribution in [0.1, 0.15) is 25.0 Å². The summed E-state index contributed by atoms with van der Waals surface area (Å²) in [5.74, 6) is 1.21. The summed E-state index contributed by atoms with van der Waals surface area (Å²) < 4.78 is 2.23. The molecule has 0 saturated carbocycles. The van der Waals surface area contributed by atoms with E-state index < -0.39 is 0 Å². The molecule has 0 radical (unpaired) electrons. The minimum Gasteiger partial charge on any atom is -0.122 e. The van der Waals surface area contributed by atoms with E-state index >= 15 is 0 Å². The van der Waals surface area contributed by atoms with Crippen molar-refractivity contribution in [3.05, 3.63) is 32.2 Å². The summed E-state index contributed by atoms with van der Waals surface area (Å²) in [6, 6.07) is 4.23. The molecule has 1 aromatic rings. The molecule has 0 unspecified atom stereocenters. The first-order chi connectivity index (χ1) is 6.56. The van der Waals surface area contributed by atoms with Gasteiger partial charge in [0.25, 0.3) is 0 Å². The van der Waals surface area contributed by atoms with Gasteiger partial charge in [0.1, 0.15) is 0 Å². The Morgan fingerprint density at radius 2 is 1.64 bits per heavy atom. The van der Waals surface area contributed by atoms with Crippen molar-refractivity contribution in [2.24, 2.45) is 5.92 Å². The zero-order chi connectivity index (χ0) is 10.7. The summed E-state index contributed by atoms with van der Waals surface area (Å²) in [7, 11) is 0. The number of halogens is 3. The summed E-state index contributed by atoms with van der Waals surface area (Å²) in [6.45, 7) is 4.44. The van der Waals surface area contributed by atoms with Crippen LogP contribution in [-0.4, -0.2) is 0 Å². The molecule has 0 N–H and O–H groups in total. The Morgan fingerprint density at radius 3 is 2.14 bits per heavy atom. The molecule has 0 fully saturated rings. The van der Waals surface area contributed by atoms with Crippen LogP contribution in [0.5, 0.6) is 0 Å². The molecule has 78 valence electrons. The maximum absolute atomic E-state index is 5.81. The number of hydrogen-bond donors (Lipinski definition) is 0. The average molecular weight is 340 g/mol. The van der Waals surface area contributed by atoms with Crippen LogP contribution >= 0.6 is 43.5 Å². The number of hydrogen-bond acceptors (Lipinski definition) is 0. The predicted molar refractivity (Wildman–Crippen MR) is 69.9 cm³/mol. The second-order valence-corrected chi connectivity index (χ2v) is 5.60. The topological polar surface area (TPSA) is 0 Å². The Kier molecular flexibility index (Phi) is 4.95. The quantitative estimate of drug-likeness (QED) is 0.668. The van der Waals surface area contributed by atoms with E-state index in [0.29, 0.717) is 11.8 Å². The molecule has 0 saturated heterocycles. The first-order valence-corrected chi connectivity index (χ1v) is 6.70. The van der Waals surface area contributed by atoms with E-state index in [9.17, 15) is 0 Å². The SMILES string of the molecule is CC(C)Cc1ccc(CCl)c(Br)c1Br. The highest BCUT2D eigenvalue weighted by Gasteiger charge is 2.09. The maximum atomic E-state index is 5.81. The second kappa shape index (κ2) is 5.53. The van der Waals surface area contributed by atoms with E-state index in [1.54, 1.807) is 0 Å². The van der Waals surface area contributed by atoms with Gasteiger partial charge in [-0.2, -0.15) is 0 Å². The molecular formula is C11H13Br2Cl. The van der Waals surface area contributed by atoms with E-state index in [1.165, 1.54) is 5.56 Å². The van der Waals surface area contributed by atoms with Crippen molar-refractivity contribution >= 4 is 43.5 Å². The van der Waals surface area contributed by atoms with Gasteiger partial charge in [-0.3, -0.25) is 0 Å². The molecule has 0 aromatic heterocycles. The maximum Gasteiger partial charge on any atom is 0.0485 e. The number of rotatable bonds is 3. The fourth-order valence-electron chi connectivity index (χ4n) is 1.33. The Hall–Kier alpha value is 0.470. The summed E-state index contributed by atoms with van der Waals surface area (Å²) in [5.41, 5.74) is 2.46. The highest BCUT2D eigenvalue weighted by atomic mass is 79.9. The Morgan fingerprint density at radius 1 is 1.14 bits per heavy atom. The standard InChI is InChI=1S/C11H13Br2Cl/c1-7(2)5-8-3-4-9(6-14)11(13)10(8)12/h3-4,7H,5-6H2,1-2H3. The zero-order valence-corrected chi connectivity index (χ0v) is 12.2. The lowest BCUT2D eigenvalue weighted by Gasteiger charge is -2.11. The highest BCUT2D eigenvalue weighted by molar-refractivity contribution is 9.13. The van der Waals surface area contributed by atoms with Crippen LogP contribution in [0.2, 0.25) is 0 Å². The first-order valence-electron chi connectivity index (χ1n) is 4.58. The van der Waals surface area contributed by atoms with Gasteiger partial charge in [0, 0.05) is 14.8 Å². The minimum atomic E-state index is 0.543. The molecule has 0 atom stereocenters. The number of benzene rings is 1. The largest absolute Gasteiger partial charge is 0.122 e. The third kappa shape index (κ3) is 2.98. The Balaban J connectivity index is 3.04. The first kappa shape index (κ1) is 12.5. The van der Waals surface area contributed by atoms with Gasteiger partial charge >= 0.3 is 0 Å². The van der Waals surface area contributed by atoms with E-state index in [4.69, 9.17) is 11.6 Å². The zero-order valence-electron chi connectivity index (χ0n) is 8.28. The van der Waals surface area contributed by atoms with Gasteiger partial charge in [-0.05, 0) is 55.3 Å². The monoisotopic (exact) mass is 338 g/mol. The van der Waals surface area contributed by atoms with E-state index in [1.807, 2.05) is 0 Å². The fraction of sp³-hybridized carbons (Fsp3) is 0.455. The van der Waals surface area contributed by atoms with Crippen LogP contribution in [0.4, 0.5) is 0 Å². The van der Waals surface area contributed by atoms with Crippen LogP contribution in [-0.2, 0) is 12.3 Å². The summed E-state index contributed by atoms with van der Waals surface area (Å²) >= 11 is 13.0. The minimum absolute atomic E-state index is 0.543. The third-order valence-corrected chi connectivity index (χ3v) is 4.65. The van der Waals surface area contributed by atoms with Crippen LogP contribution in [0.25, 0.3) is 0 Å². The molecule has 1 aromatic carbocycles. The molecule has 0 bridgehead atoms. The smallest absolute Gasteiger partial charge is 0.0485 e. The summed E-state index contributed by atoms with van der Waals surface area (Å²) in [6.07, 6.45) is 1.09. The van der Waals surface area contributed by atoms with Crippen molar-refractivity contribution in [1.29, 1.82) is 0 Å². The van der Waals surface area contributed by atoms with Crippen LogP contribution in [0.15, 0.2) is 21.1 Å². The van der Waals surface area contributed by atoms with Crippen LogP contribution < -0.4 is 0 Å². The molecule has 14 heavy (non-hydrogen) atoms. The Bertz CT molecular complexity index is 321. The summed E-state index contributed by atoms with van der Waals surface area (Å²) in [5, 5.41) is 0. The van der Waals surface area contributed by atoms with Gasteiger partial charge in [-0.25, -0.2) is 0 Å². The van der Waals surface area contributed by atoms with Crippen molar-refractivity contribution in [3.63, 3.8) is 0 Å². The molecule has 0 heterocycles. The normalized spacial score (nSPS) is 11.0. The van der Waals surface area contributed by atoms with Gasteiger partial charge in [0.2, 0.25) is 0 Å². The van der Waals surface area contributed by atoms with Crippen LogP contribution in [0, 0.1) is 5.92 Å².